The summed E-state index contributed by atoms with van der Waals surface area (Å²) >= 11 is 6.68. The van der Waals surface area contributed by atoms with Gasteiger partial charge in [-0.3, -0.25) is 0 Å². The largest absolute Gasteiger partial charge is 0.376 e. The van der Waals surface area contributed by atoms with Crippen LogP contribution in [0.4, 0.5) is 0 Å². The van der Waals surface area contributed by atoms with E-state index in [4.69, 9.17) is 4.74 Å². The van der Waals surface area contributed by atoms with E-state index in [1.54, 1.807) is 0 Å². The maximum Gasteiger partial charge on any atom is 0.0717 e. The van der Waals surface area contributed by atoms with E-state index in [0.717, 1.165) is 16.4 Å². The third-order valence-electron chi connectivity index (χ3n) is 1.40. The first kappa shape index (κ1) is 10.2. The van der Waals surface area contributed by atoms with E-state index in [2.05, 4.69) is 44.0 Å². The van der Waals surface area contributed by atoms with Crippen LogP contribution in [0.2, 0.25) is 0 Å². The van der Waals surface area contributed by atoms with E-state index in [9.17, 15) is 0 Å². The Morgan fingerprint density at radius 2 is 1.83 bits per heavy atom. The second kappa shape index (κ2) is 5.73. The van der Waals surface area contributed by atoms with Crippen LogP contribution >= 0.6 is 31.9 Å². The molecule has 0 spiro atoms. The zero-order valence-electron chi connectivity index (χ0n) is 6.59. The molecule has 0 saturated carbocycles. The number of rotatable bonds is 4. The SMILES string of the molecule is BrCCOCc1ccc(Br)cc1. The van der Waals surface area contributed by atoms with Gasteiger partial charge in [-0.05, 0) is 17.7 Å². The lowest BCUT2D eigenvalue weighted by atomic mass is 10.2. The van der Waals surface area contributed by atoms with Crippen LogP contribution in [0.3, 0.4) is 0 Å². The average molecular weight is 294 g/mol. The van der Waals surface area contributed by atoms with Gasteiger partial charge in [-0.2, -0.15) is 0 Å². The summed E-state index contributed by atoms with van der Waals surface area (Å²) in [5.41, 5.74) is 1.21. The van der Waals surface area contributed by atoms with Crippen LogP contribution in [-0.4, -0.2) is 11.9 Å². The molecule has 3 heteroatoms. The van der Waals surface area contributed by atoms with Crippen LogP contribution in [0.1, 0.15) is 5.56 Å². The lowest BCUT2D eigenvalue weighted by Gasteiger charge is -2.01. The van der Waals surface area contributed by atoms with Crippen molar-refractivity contribution < 1.29 is 4.74 Å². The molecule has 0 heterocycles. The Morgan fingerprint density at radius 3 is 2.42 bits per heavy atom. The molecule has 0 radical (unpaired) electrons. The molecule has 0 aliphatic rings. The summed E-state index contributed by atoms with van der Waals surface area (Å²) < 4.78 is 6.45. The van der Waals surface area contributed by atoms with Gasteiger partial charge in [-0.1, -0.05) is 44.0 Å². The van der Waals surface area contributed by atoms with Gasteiger partial charge in [0.05, 0.1) is 13.2 Å². The Labute approximate surface area is 89.4 Å². The minimum Gasteiger partial charge on any atom is -0.376 e. The number of hydrogen-bond donors (Lipinski definition) is 0. The van der Waals surface area contributed by atoms with E-state index >= 15 is 0 Å². The molecule has 0 saturated heterocycles. The molecular formula is C9H10Br2O. The molecule has 0 fully saturated rings. The Kier molecular flexibility index (Phi) is 4.88. The van der Waals surface area contributed by atoms with E-state index in [1.165, 1.54) is 5.56 Å². The third kappa shape index (κ3) is 3.70. The summed E-state index contributed by atoms with van der Waals surface area (Å²) in [6, 6.07) is 8.15. The second-order valence-corrected chi connectivity index (χ2v) is 4.08. The summed E-state index contributed by atoms with van der Waals surface area (Å²) in [5, 5.41) is 0.892. The molecule has 1 rings (SSSR count). The van der Waals surface area contributed by atoms with Crippen molar-refractivity contribution in [1.29, 1.82) is 0 Å². The van der Waals surface area contributed by atoms with Crippen molar-refractivity contribution in [2.45, 2.75) is 6.61 Å². The first-order valence-corrected chi connectivity index (χ1v) is 5.62. The van der Waals surface area contributed by atoms with Crippen molar-refractivity contribution in [3.8, 4) is 0 Å². The van der Waals surface area contributed by atoms with E-state index in [-0.39, 0.29) is 0 Å². The fourth-order valence-electron chi connectivity index (χ4n) is 0.825. The maximum absolute atomic E-state index is 5.35. The van der Waals surface area contributed by atoms with Gasteiger partial charge >= 0.3 is 0 Å². The quantitative estimate of drug-likeness (QED) is 0.611. The number of benzene rings is 1. The highest BCUT2D eigenvalue weighted by Gasteiger charge is 1.91. The molecule has 1 aromatic carbocycles. The minimum absolute atomic E-state index is 0.693. The normalized spacial score (nSPS) is 10.2. The first-order valence-electron chi connectivity index (χ1n) is 3.71. The van der Waals surface area contributed by atoms with Gasteiger partial charge in [0.2, 0.25) is 0 Å². The molecular weight excluding hydrogens is 284 g/mol. The molecule has 0 atom stereocenters. The summed E-state index contributed by atoms with van der Waals surface area (Å²) in [7, 11) is 0. The molecule has 0 aliphatic carbocycles. The molecule has 0 unspecified atom stereocenters. The fourth-order valence-corrected chi connectivity index (χ4v) is 1.32. The topological polar surface area (TPSA) is 9.23 Å². The van der Waals surface area contributed by atoms with Crippen LogP contribution < -0.4 is 0 Å². The number of ether oxygens (including phenoxy) is 1. The number of hydrogen-bond acceptors (Lipinski definition) is 1. The Hall–Kier alpha value is 0.140. The van der Waals surface area contributed by atoms with Gasteiger partial charge in [0.1, 0.15) is 0 Å². The summed E-state index contributed by atoms with van der Waals surface area (Å²) in [6.07, 6.45) is 0. The van der Waals surface area contributed by atoms with Crippen LogP contribution in [-0.2, 0) is 11.3 Å². The van der Waals surface area contributed by atoms with Crippen molar-refractivity contribution in [2.75, 3.05) is 11.9 Å². The van der Waals surface area contributed by atoms with E-state index in [0.29, 0.717) is 6.61 Å². The highest BCUT2D eigenvalue weighted by atomic mass is 79.9. The highest BCUT2D eigenvalue weighted by molar-refractivity contribution is 9.10. The van der Waals surface area contributed by atoms with Crippen molar-refractivity contribution in [3.05, 3.63) is 34.3 Å². The Bertz CT molecular complexity index is 220. The predicted octanol–water partition coefficient (Wildman–Crippen LogP) is 3.36. The monoisotopic (exact) mass is 292 g/mol. The minimum atomic E-state index is 0.693. The molecule has 66 valence electrons. The third-order valence-corrected chi connectivity index (χ3v) is 2.26. The van der Waals surface area contributed by atoms with Crippen molar-refractivity contribution >= 4 is 31.9 Å². The maximum atomic E-state index is 5.35. The molecule has 0 N–H and O–H groups in total. The molecule has 0 aromatic heterocycles. The highest BCUT2D eigenvalue weighted by Crippen LogP contribution is 2.10. The van der Waals surface area contributed by atoms with Crippen LogP contribution in [0.25, 0.3) is 0 Å². The number of alkyl halides is 1. The van der Waals surface area contributed by atoms with Gasteiger partial charge in [0, 0.05) is 9.80 Å². The predicted molar refractivity (Wildman–Crippen MR) is 57.6 cm³/mol. The van der Waals surface area contributed by atoms with Gasteiger partial charge in [-0.25, -0.2) is 0 Å². The second-order valence-electron chi connectivity index (χ2n) is 2.37. The standard InChI is InChI=1S/C9H10Br2O/c10-5-6-12-7-8-1-3-9(11)4-2-8/h1-4H,5-7H2. The molecule has 0 amide bonds. The van der Waals surface area contributed by atoms with Crippen molar-refractivity contribution in [1.82, 2.24) is 0 Å². The van der Waals surface area contributed by atoms with E-state index < -0.39 is 0 Å². The Morgan fingerprint density at radius 1 is 1.17 bits per heavy atom. The summed E-state index contributed by atoms with van der Waals surface area (Å²) in [4.78, 5) is 0. The molecule has 0 bridgehead atoms. The van der Waals surface area contributed by atoms with Crippen molar-refractivity contribution in [3.63, 3.8) is 0 Å². The lowest BCUT2D eigenvalue weighted by molar-refractivity contribution is 0.137. The van der Waals surface area contributed by atoms with Crippen molar-refractivity contribution in [2.24, 2.45) is 0 Å². The van der Waals surface area contributed by atoms with E-state index in [1.807, 2.05) is 12.1 Å². The van der Waals surface area contributed by atoms with Gasteiger partial charge < -0.3 is 4.74 Å². The van der Waals surface area contributed by atoms with Gasteiger partial charge in [0.15, 0.2) is 0 Å². The zero-order valence-corrected chi connectivity index (χ0v) is 9.77. The van der Waals surface area contributed by atoms with Crippen LogP contribution in [0.15, 0.2) is 28.7 Å². The first-order chi connectivity index (χ1) is 5.83. The smallest absolute Gasteiger partial charge is 0.0717 e. The van der Waals surface area contributed by atoms with Crippen LogP contribution in [0, 0.1) is 0 Å². The summed E-state index contributed by atoms with van der Waals surface area (Å²) in [5.74, 6) is 0. The lowest BCUT2D eigenvalue weighted by Crippen LogP contribution is -1.95. The fraction of sp³-hybridized carbons (Fsp3) is 0.333. The van der Waals surface area contributed by atoms with Crippen LogP contribution in [0.5, 0.6) is 0 Å². The van der Waals surface area contributed by atoms with Gasteiger partial charge in [0.25, 0.3) is 0 Å². The average Bonchev–Trinajstić information content (AvgIpc) is 2.09. The van der Waals surface area contributed by atoms with Gasteiger partial charge in [-0.15, -0.1) is 0 Å². The zero-order chi connectivity index (χ0) is 8.81. The molecule has 12 heavy (non-hydrogen) atoms. The molecule has 1 aromatic rings. The Balaban J connectivity index is 2.37. The molecule has 0 aliphatic heterocycles. The summed E-state index contributed by atoms with van der Waals surface area (Å²) in [6.45, 7) is 1.45. The molecule has 1 nitrogen and oxygen atoms in total. The number of halogens is 2.